The third-order valence-electron chi connectivity index (χ3n) is 3.70. The van der Waals surface area contributed by atoms with Crippen LogP contribution in [0.25, 0.3) is 0 Å². The van der Waals surface area contributed by atoms with E-state index in [4.69, 9.17) is 0 Å². The van der Waals surface area contributed by atoms with Crippen molar-refractivity contribution in [3.8, 4) is 0 Å². The van der Waals surface area contributed by atoms with Crippen LogP contribution in [0, 0.1) is 6.92 Å². The summed E-state index contributed by atoms with van der Waals surface area (Å²) in [4.78, 5) is 13.9. The lowest BCUT2D eigenvalue weighted by Crippen LogP contribution is -2.24. The maximum absolute atomic E-state index is 11.6. The number of aromatic nitrogens is 2. The maximum Gasteiger partial charge on any atom is 0.269 e. The summed E-state index contributed by atoms with van der Waals surface area (Å²) in [6.07, 6.45) is 1.74. The highest BCUT2D eigenvalue weighted by molar-refractivity contribution is 5.56. The molecule has 0 amide bonds. The van der Waals surface area contributed by atoms with E-state index in [9.17, 15) is 4.79 Å². The van der Waals surface area contributed by atoms with E-state index >= 15 is 0 Å². The Morgan fingerprint density at radius 2 is 2.17 bits per heavy atom. The van der Waals surface area contributed by atoms with Crippen molar-refractivity contribution in [2.45, 2.75) is 26.4 Å². The molecule has 3 rings (SSSR count). The Hall–Kier alpha value is -2.10. The van der Waals surface area contributed by atoms with Crippen molar-refractivity contribution in [1.82, 2.24) is 10.2 Å². The van der Waals surface area contributed by atoms with Crippen molar-refractivity contribution in [1.29, 1.82) is 0 Å². The highest BCUT2D eigenvalue weighted by Gasteiger charge is 2.27. The van der Waals surface area contributed by atoms with Crippen molar-refractivity contribution < 1.29 is 0 Å². The van der Waals surface area contributed by atoms with Gasteiger partial charge in [0.15, 0.2) is 0 Å². The molecule has 2 aromatic rings. The molecule has 4 nitrogen and oxygen atoms in total. The summed E-state index contributed by atoms with van der Waals surface area (Å²) in [6.45, 7) is 4.83. The van der Waals surface area contributed by atoms with Crippen molar-refractivity contribution in [2.24, 2.45) is 0 Å². The van der Waals surface area contributed by atoms with Crippen molar-refractivity contribution in [2.75, 3.05) is 4.90 Å². The van der Waals surface area contributed by atoms with Gasteiger partial charge in [0.2, 0.25) is 0 Å². The van der Waals surface area contributed by atoms with Gasteiger partial charge in [-0.15, -0.1) is 0 Å². The Morgan fingerprint density at radius 1 is 1.39 bits per heavy atom. The van der Waals surface area contributed by atoms with E-state index < -0.39 is 0 Å². The van der Waals surface area contributed by atoms with Crippen LogP contribution in [0.5, 0.6) is 0 Å². The summed E-state index contributed by atoms with van der Waals surface area (Å²) < 4.78 is 0. The van der Waals surface area contributed by atoms with Gasteiger partial charge >= 0.3 is 0 Å². The Bertz CT molecular complexity index is 647. The smallest absolute Gasteiger partial charge is 0.269 e. The lowest BCUT2D eigenvalue weighted by Gasteiger charge is -2.24. The monoisotopic (exact) mass is 241 g/mol. The van der Waals surface area contributed by atoms with Gasteiger partial charge in [-0.3, -0.25) is 4.79 Å². The Kier molecular flexibility index (Phi) is 2.44. The van der Waals surface area contributed by atoms with Crippen LogP contribution in [0.2, 0.25) is 0 Å². The number of fused-ring (bicyclic) bond motifs is 1. The first-order chi connectivity index (χ1) is 8.68. The van der Waals surface area contributed by atoms with Gasteiger partial charge in [0.05, 0.1) is 17.9 Å². The second kappa shape index (κ2) is 3.98. The molecular weight excluding hydrogens is 226 g/mol. The molecule has 0 spiro atoms. The van der Waals surface area contributed by atoms with Crippen molar-refractivity contribution >= 4 is 5.69 Å². The van der Waals surface area contributed by atoms with Crippen LogP contribution in [0.1, 0.15) is 29.7 Å². The molecule has 1 atom stereocenters. The third kappa shape index (κ3) is 1.53. The number of nitrogens with zero attached hydrogens (tertiary/aromatic N) is 2. The minimum Gasteiger partial charge on any atom is -0.359 e. The molecule has 1 N–H and O–H groups in total. The molecule has 0 bridgehead atoms. The summed E-state index contributed by atoms with van der Waals surface area (Å²) in [5.74, 6) is 0. The third-order valence-corrected chi connectivity index (χ3v) is 3.70. The standard InChI is InChI=1S/C14H15N3O/c1-9-13(7-15-16-14(9)18)17-8-11-5-3-4-6-12(11)10(17)2/h3-7,10H,8H2,1-2H3,(H,16,18)/t10-/m0/s1. The minimum absolute atomic E-state index is 0.115. The zero-order chi connectivity index (χ0) is 12.7. The molecule has 0 aliphatic carbocycles. The number of hydrogen-bond acceptors (Lipinski definition) is 3. The number of benzene rings is 1. The highest BCUT2D eigenvalue weighted by Crippen LogP contribution is 2.37. The Morgan fingerprint density at radius 3 is 2.94 bits per heavy atom. The molecule has 2 heterocycles. The second-order valence-electron chi connectivity index (χ2n) is 4.71. The van der Waals surface area contributed by atoms with Gasteiger partial charge in [-0.2, -0.15) is 5.10 Å². The zero-order valence-electron chi connectivity index (χ0n) is 10.5. The fraction of sp³-hybridized carbons (Fsp3) is 0.286. The van der Waals surface area contributed by atoms with Crippen LogP contribution in [0.3, 0.4) is 0 Å². The lowest BCUT2D eigenvalue weighted by molar-refractivity contribution is 0.723. The zero-order valence-corrected chi connectivity index (χ0v) is 10.5. The molecule has 0 saturated heterocycles. The van der Waals surface area contributed by atoms with Gasteiger partial charge in [-0.1, -0.05) is 24.3 Å². The van der Waals surface area contributed by atoms with E-state index in [1.165, 1.54) is 11.1 Å². The van der Waals surface area contributed by atoms with Gasteiger partial charge in [-0.05, 0) is 25.0 Å². The SMILES string of the molecule is Cc1c(N2Cc3ccccc3[C@@H]2C)cn[nH]c1=O. The maximum atomic E-state index is 11.6. The van der Waals surface area contributed by atoms with Crippen LogP contribution < -0.4 is 10.5 Å². The quantitative estimate of drug-likeness (QED) is 0.832. The Labute approximate surface area is 105 Å². The molecule has 1 aromatic carbocycles. The summed E-state index contributed by atoms with van der Waals surface area (Å²) >= 11 is 0. The van der Waals surface area contributed by atoms with E-state index in [1.807, 2.05) is 6.92 Å². The predicted molar refractivity (Wildman–Crippen MR) is 70.6 cm³/mol. The number of rotatable bonds is 1. The summed E-state index contributed by atoms with van der Waals surface area (Å²) in [5, 5.41) is 6.37. The van der Waals surface area contributed by atoms with Gasteiger partial charge in [0.1, 0.15) is 0 Å². The van der Waals surface area contributed by atoms with Crippen LogP contribution in [-0.4, -0.2) is 10.2 Å². The molecule has 18 heavy (non-hydrogen) atoms. The fourth-order valence-electron chi connectivity index (χ4n) is 2.61. The second-order valence-corrected chi connectivity index (χ2v) is 4.71. The van der Waals surface area contributed by atoms with Crippen LogP contribution in [0.4, 0.5) is 5.69 Å². The number of nitrogens with one attached hydrogen (secondary N) is 1. The topological polar surface area (TPSA) is 49.0 Å². The van der Waals surface area contributed by atoms with E-state index in [0.29, 0.717) is 0 Å². The van der Waals surface area contributed by atoms with Gasteiger partial charge < -0.3 is 4.90 Å². The number of H-pyrrole nitrogens is 1. The van der Waals surface area contributed by atoms with Crippen molar-refractivity contribution in [3.05, 3.63) is 57.5 Å². The van der Waals surface area contributed by atoms with Gasteiger partial charge in [-0.25, -0.2) is 5.10 Å². The first kappa shape index (κ1) is 11.0. The molecule has 0 unspecified atom stereocenters. The molecule has 1 aliphatic heterocycles. The summed E-state index contributed by atoms with van der Waals surface area (Å²) in [5.41, 5.74) is 4.18. The molecule has 1 aromatic heterocycles. The first-order valence-corrected chi connectivity index (χ1v) is 6.07. The fourth-order valence-corrected chi connectivity index (χ4v) is 2.61. The minimum atomic E-state index is -0.115. The van der Waals surface area contributed by atoms with Crippen LogP contribution in [-0.2, 0) is 6.54 Å². The molecule has 0 fully saturated rings. The van der Waals surface area contributed by atoms with Crippen LogP contribution in [0.15, 0.2) is 35.3 Å². The summed E-state index contributed by atoms with van der Waals surface area (Å²) in [7, 11) is 0. The predicted octanol–water partition coefficient (Wildman–Crippen LogP) is 2.16. The van der Waals surface area contributed by atoms with Crippen LogP contribution >= 0.6 is 0 Å². The van der Waals surface area contributed by atoms with E-state index in [0.717, 1.165) is 17.8 Å². The largest absolute Gasteiger partial charge is 0.359 e. The molecule has 4 heteroatoms. The van der Waals surface area contributed by atoms with E-state index in [1.54, 1.807) is 6.20 Å². The molecular formula is C14H15N3O. The number of hydrogen-bond donors (Lipinski definition) is 1. The molecule has 0 saturated carbocycles. The number of anilines is 1. The van der Waals surface area contributed by atoms with E-state index in [2.05, 4.69) is 46.3 Å². The van der Waals surface area contributed by atoms with E-state index in [-0.39, 0.29) is 11.6 Å². The average Bonchev–Trinajstić information content (AvgIpc) is 2.71. The first-order valence-electron chi connectivity index (χ1n) is 6.07. The normalized spacial score (nSPS) is 17.9. The summed E-state index contributed by atoms with van der Waals surface area (Å²) in [6, 6.07) is 8.68. The highest BCUT2D eigenvalue weighted by atomic mass is 16.1. The van der Waals surface area contributed by atoms with Crippen molar-refractivity contribution in [3.63, 3.8) is 0 Å². The van der Waals surface area contributed by atoms with Gasteiger partial charge in [0, 0.05) is 12.1 Å². The Balaban J connectivity index is 2.07. The molecule has 0 radical (unpaired) electrons. The molecule has 1 aliphatic rings. The van der Waals surface area contributed by atoms with Gasteiger partial charge in [0.25, 0.3) is 5.56 Å². The lowest BCUT2D eigenvalue weighted by atomic mass is 10.1. The average molecular weight is 241 g/mol. The number of aromatic amines is 1. The molecule has 92 valence electrons.